The molecular weight excluding hydrogens is 228 g/mol. The SMILES string of the molecule is CCN1CCN(C(=O)c2ccc(C#N)nc2)CC1. The number of likely N-dealkylation sites (N-methyl/N-ethyl adjacent to an activating group) is 1. The molecule has 0 spiro atoms. The van der Waals surface area contributed by atoms with Crippen molar-refractivity contribution in [3.8, 4) is 6.07 Å². The molecule has 18 heavy (non-hydrogen) atoms. The van der Waals surface area contributed by atoms with Crippen molar-refractivity contribution in [2.24, 2.45) is 0 Å². The summed E-state index contributed by atoms with van der Waals surface area (Å²) in [5.41, 5.74) is 0.890. The van der Waals surface area contributed by atoms with Crippen molar-refractivity contribution in [3.63, 3.8) is 0 Å². The molecule has 94 valence electrons. The fourth-order valence-electron chi connectivity index (χ4n) is 2.04. The van der Waals surface area contributed by atoms with E-state index in [1.807, 2.05) is 11.0 Å². The first-order valence-corrected chi connectivity index (χ1v) is 6.12. The normalized spacial score (nSPS) is 16.3. The first kappa shape index (κ1) is 12.5. The third-order valence-corrected chi connectivity index (χ3v) is 3.23. The van der Waals surface area contributed by atoms with Gasteiger partial charge in [0, 0.05) is 32.4 Å². The molecule has 1 fully saturated rings. The van der Waals surface area contributed by atoms with Gasteiger partial charge < -0.3 is 9.80 Å². The highest BCUT2D eigenvalue weighted by Gasteiger charge is 2.21. The molecule has 5 heteroatoms. The van der Waals surface area contributed by atoms with Crippen LogP contribution in [0.15, 0.2) is 18.3 Å². The van der Waals surface area contributed by atoms with Crippen molar-refractivity contribution in [2.45, 2.75) is 6.92 Å². The van der Waals surface area contributed by atoms with Gasteiger partial charge in [-0.05, 0) is 18.7 Å². The number of carbonyl (C=O) groups excluding carboxylic acids is 1. The van der Waals surface area contributed by atoms with Gasteiger partial charge in [0.25, 0.3) is 5.91 Å². The maximum Gasteiger partial charge on any atom is 0.255 e. The number of nitrogens with zero attached hydrogens (tertiary/aromatic N) is 4. The number of hydrogen-bond donors (Lipinski definition) is 0. The molecule has 2 rings (SSSR count). The van der Waals surface area contributed by atoms with E-state index in [4.69, 9.17) is 5.26 Å². The van der Waals surface area contributed by atoms with Gasteiger partial charge in [-0.25, -0.2) is 4.98 Å². The zero-order chi connectivity index (χ0) is 13.0. The number of amides is 1. The number of carbonyl (C=O) groups is 1. The van der Waals surface area contributed by atoms with Crippen LogP contribution in [0.25, 0.3) is 0 Å². The molecule has 0 aliphatic carbocycles. The van der Waals surface area contributed by atoms with E-state index in [-0.39, 0.29) is 5.91 Å². The van der Waals surface area contributed by atoms with E-state index in [1.165, 1.54) is 6.20 Å². The van der Waals surface area contributed by atoms with Crippen molar-refractivity contribution in [2.75, 3.05) is 32.7 Å². The molecule has 1 aliphatic heterocycles. The predicted molar refractivity (Wildman–Crippen MR) is 67.0 cm³/mol. The van der Waals surface area contributed by atoms with E-state index in [1.54, 1.807) is 12.1 Å². The van der Waals surface area contributed by atoms with Gasteiger partial charge in [0.05, 0.1) is 5.56 Å². The van der Waals surface area contributed by atoms with Crippen LogP contribution in [-0.4, -0.2) is 53.4 Å². The minimum absolute atomic E-state index is 0.00254. The summed E-state index contributed by atoms with van der Waals surface area (Å²) in [5.74, 6) is 0.00254. The van der Waals surface area contributed by atoms with Gasteiger partial charge >= 0.3 is 0 Å². The monoisotopic (exact) mass is 244 g/mol. The molecule has 1 aromatic rings. The summed E-state index contributed by atoms with van der Waals surface area (Å²) in [4.78, 5) is 20.3. The van der Waals surface area contributed by atoms with E-state index >= 15 is 0 Å². The second-order valence-electron chi connectivity index (χ2n) is 4.27. The Hall–Kier alpha value is -1.93. The molecule has 0 saturated carbocycles. The number of aromatic nitrogens is 1. The summed E-state index contributed by atoms with van der Waals surface area (Å²) in [6.07, 6.45) is 1.48. The lowest BCUT2D eigenvalue weighted by molar-refractivity contribution is 0.0643. The van der Waals surface area contributed by atoms with Crippen LogP contribution < -0.4 is 0 Å². The topological polar surface area (TPSA) is 60.2 Å². The zero-order valence-electron chi connectivity index (χ0n) is 10.5. The molecule has 5 nitrogen and oxygen atoms in total. The lowest BCUT2D eigenvalue weighted by Crippen LogP contribution is -2.48. The Kier molecular flexibility index (Phi) is 3.90. The van der Waals surface area contributed by atoms with Gasteiger partial charge in [0.15, 0.2) is 0 Å². The molecular formula is C13H16N4O. The fraction of sp³-hybridized carbons (Fsp3) is 0.462. The maximum absolute atomic E-state index is 12.2. The molecule has 0 aromatic carbocycles. The smallest absolute Gasteiger partial charge is 0.255 e. The fourth-order valence-corrected chi connectivity index (χ4v) is 2.04. The van der Waals surface area contributed by atoms with E-state index in [0.717, 1.165) is 32.7 Å². The Morgan fingerprint density at radius 1 is 1.39 bits per heavy atom. The summed E-state index contributed by atoms with van der Waals surface area (Å²) in [6, 6.07) is 5.19. The number of rotatable bonds is 2. The Morgan fingerprint density at radius 2 is 2.11 bits per heavy atom. The van der Waals surface area contributed by atoms with Crippen molar-refractivity contribution in [1.82, 2.24) is 14.8 Å². The molecule has 1 amide bonds. The zero-order valence-corrected chi connectivity index (χ0v) is 10.5. The molecule has 0 N–H and O–H groups in total. The van der Waals surface area contributed by atoms with E-state index in [2.05, 4.69) is 16.8 Å². The minimum Gasteiger partial charge on any atom is -0.336 e. The Morgan fingerprint density at radius 3 is 2.61 bits per heavy atom. The summed E-state index contributed by atoms with van der Waals surface area (Å²) < 4.78 is 0. The largest absolute Gasteiger partial charge is 0.336 e. The first-order valence-electron chi connectivity index (χ1n) is 6.12. The van der Waals surface area contributed by atoms with Crippen LogP contribution in [0.1, 0.15) is 23.0 Å². The number of hydrogen-bond acceptors (Lipinski definition) is 4. The second-order valence-corrected chi connectivity index (χ2v) is 4.27. The molecule has 1 aromatic heterocycles. The predicted octanol–water partition coefficient (Wildman–Crippen LogP) is 0.731. The molecule has 0 unspecified atom stereocenters. The molecule has 1 aliphatic rings. The molecule has 0 bridgehead atoms. The number of piperazine rings is 1. The van der Waals surface area contributed by atoms with Crippen molar-refractivity contribution >= 4 is 5.91 Å². The van der Waals surface area contributed by atoms with E-state index < -0.39 is 0 Å². The summed E-state index contributed by atoms with van der Waals surface area (Å²) in [6.45, 7) is 6.51. The van der Waals surface area contributed by atoms with Crippen LogP contribution in [0.2, 0.25) is 0 Å². The number of pyridine rings is 1. The van der Waals surface area contributed by atoms with Gasteiger partial charge in [-0.15, -0.1) is 0 Å². The highest BCUT2D eigenvalue weighted by Crippen LogP contribution is 2.08. The standard InChI is InChI=1S/C13H16N4O/c1-2-16-5-7-17(8-6-16)13(18)11-3-4-12(9-14)15-10-11/h3-4,10H,2,5-8H2,1H3. The lowest BCUT2D eigenvalue weighted by atomic mass is 10.2. The summed E-state index contributed by atoms with van der Waals surface area (Å²) in [7, 11) is 0. The van der Waals surface area contributed by atoms with Crippen LogP contribution in [-0.2, 0) is 0 Å². The van der Waals surface area contributed by atoms with Crippen molar-refractivity contribution in [3.05, 3.63) is 29.6 Å². The average Bonchev–Trinajstić information content (AvgIpc) is 2.47. The highest BCUT2D eigenvalue weighted by atomic mass is 16.2. The summed E-state index contributed by atoms with van der Waals surface area (Å²) >= 11 is 0. The third-order valence-electron chi connectivity index (χ3n) is 3.23. The quantitative estimate of drug-likeness (QED) is 0.769. The Labute approximate surface area is 107 Å². The van der Waals surface area contributed by atoms with Crippen LogP contribution in [0.5, 0.6) is 0 Å². The molecule has 1 saturated heterocycles. The van der Waals surface area contributed by atoms with Gasteiger partial charge in [0.1, 0.15) is 11.8 Å². The van der Waals surface area contributed by atoms with Crippen LogP contribution in [0, 0.1) is 11.3 Å². The highest BCUT2D eigenvalue weighted by molar-refractivity contribution is 5.94. The van der Waals surface area contributed by atoms with Gasteiger partial charge in [-0.1, -0.05) is 6.92 Å². The van der Waals surface area contributed by atoms with Gasteiger partial charge in [0.2, 0.25) is 0 Å². The van der Waals surface area contributed by atoms with Crippen LogP contribution in [0.4, 0.5) is 0 Å². The minimum atomic E-state index is 0.00254. The number of nitriles is 1. The molecule has 0 atom stereocenters. The van der Waals surface area contributed by atoms with Crippen LogP contribution in [0.3, 0.4) is 0 Å². The first-order chi connectivity index (χ1) is 8.74. The Bertz CT molecular complexity index is 455. The average molecular weight is 244 g/mol. The van der Waals surface area contributed by atoms with Crippen molar-refractivity contribution < 1.29 is 4.79 Å². The second kappa shape index (κ2) is 5.61. The van der Waals surface area contributed by atoms with Crippen LogP contribution >= 0.6 is 0 Å². The summed E-state index contributed by atoms with van der Waals surface area (Å²) in [5, 5.41) is 8.66. The maximum atomic E-state index is 12.2. The molecule has 0 radical (unpaired) electrons. The van der Waals surface area contributed by atoms with Gasteiger partial charge in [-0.2, -0.15) is 5.26 Å². The van der Waals surface area contributed by atoms with E-state index in [0.29, 0.717) is 11.3 Å². The third kappa shape index (κ3) is 2.66. The Balaban J connectivity index is 2.01. The lowest BCUT2D eigenvalue weighted by Gasteiger charge is -2.34. The van der Waals surface area contributed by atoms with Gasteiger partial charge in [-0.3, -0.25) is 4.79 Å². The van der Waals surface area contributed by atoms with E-state index in [9.17, 15) is 4.79 Å². The van der Waals surface area contributed by atoms with Crippen molar-refractivity contribution in [1.29, 1.82) is 5.26 Å². The molecule has 2 heterocycles.